The molecule has 1 saturated heterocycles. The van der Waals surface area contributed by atoms with Crippen molar-refractivity contribution in [3.63, 3.8) is 0 Å². The third-order valence-corrected chi connectivity index (χ3v) is 6.51. The summed E-state index contributed by atoms with van der Waals surface area (Å²) in [6.07, 6.45) is 9.37. The summed E-state index contributed by atoms with van der Waals surface area (Å²) in [5, 5.41) is 15.9. The van der Waals surface area contributed by atoms with Gasteiger partial charge in [-0.25, -0.2) is 0 Å². The van der Waals surface area contributed by atoms with E-state index in [0.717, 1.165) is 57.2 Å². The van der Waals surface area contributed by atoms with Crippen LogP contribution in [0.3, 0.4) is 0 Å². The molecule has 1 aromatic carbocycles. The zero-order valence-electron chi connectivity index (χ0n) is 19.3. The molecule has 0 radical (unpaired) electrons. The lowest BCUT2D eigenvalue weighted by Gasteiger charge is -2.25. The molecule has 2 N–H and O–H groups in total. The first-order chi connectivity index (χ1) is 15.3. The quantitative estimate of drug-likeness (QED) is 0.228. The van der Waals surface area contributed by atoms with Crippen LogP contribution in [-0.4, -0.2) is 58.3 Å². The summed E-state index contributed by atoms with van der Waals surface area (Å²) in [5.41, 5.74) is 1.39. The Morgan fingerprint density at radius 2 is 1.94 bits per heavy atom. The Labute approximate surface area is 209 Å². The number of rotatable bonds is 8. The molecular weight excluding hydrogens is 513 g/mol. The summed E-state index contributed by atoms with van der Waals surface area (Å²) in [5.74, 6) is 3.21. The Kier molecular flexibility index (Phi) is 10.2. The monoisotopic (exact) mass is 551 g/mol. The van der Waals surface area contributed by atoms with E-state index in [1.54, 1.807) is 0 Å². The molecule has 1 unspecified atom stereocenters. The van der Waals surface area contributed by atoms with Gasteiger partial charge in [0.2, 0.25) is 0 Å². The fourth-order valence-electron chi connectivity index (χ4n) is 4.77. The molecule has 0 spiro atoms. The third kappa shape index (κ3) is 6.91. The predicted molar refractivity (Wildman–Crippen MR) is 141 cm³/mol. The molecule has 32 heavy (non-hydrogen) atoms. The van der Waals surface area contributed by atoms with Crippen molar-refractivity contribution in [2.24, 2.45) is 4.99 Å². The highest BCUT2D eigenvalue weighted by Crippen LogP contribution is 2.19. The van der Waals surface area contributed by atoms with Gasteiger partial charge in [-0.05, 0) is 44.2 Å². The van der Waals surface area contributed by atoms with Gasteiger partial charge in [0, 0.05) is 52.1 Å². The van der Waals surface area contributed by atoms with E-state index in [2.05, 4.69) is 65.6 Å². The van der Waals surface area contributed by atoms with Crippen LogP contribution in [0, 0.1) is 0 Å². The van der Waals surface area contributed by atoms with Crippen molar-refractivity contribution in [3.05, 3.63) is 47.5 Å². The van der Waals surface area contributed by atoms with Crippen molar-refractivity contribution < 1.29 is 0 Å². The maximum atomic E-state index is 4.44. The number of halogens is 1. The van der Waals surface area contributed by atoms with Gasteiger partial charge in [0.15, 0.2) is 5.96 Å². The largest absolute Gasteiger partial charge is 0.356 e. The maximum absolute atomic E-state index is 4.44. The summed E-state index contributed by atoms with van der Waals surface area (Å²) in [4.78, 5) is 7.01. The van der Waals surface area contributed by atoms with Crippen LogP contribution < -0.4 is 10.6 Å². The van der Waals surface area contributed by atoms with Crippen LogP contribution >= 0.6 is 24.0 Å². The number of fused-ring (bicyclic) bond motifs is 1. The number of guanidine groups is 1. The highest BCUT2D eigenvalue weighted by molar-refractivity contribution is 14.0. The van der Waals surface area contributed by atoms with E-state index in [1.807, 2.05) is 7.05 Å². The van der Waals surface area contributed by atoms with Gasteiger partial charge in [-0.1, -0.05) is 36.8 Å². The zero-order valence-corrected chi connectivity index (χ0v) is 21.6. The molecule has 176 valence electrons. The molecule has 0 amide bonds. The Morgan fingerprint density at radius 3 is 2.78 bits per heavy atom. The van der Waals surface area contributed by atoms with E-state index in [4.69, 9.17) is 0 Å². The molecule has 0 saturated carbocycles. The number of hydrogen-bond acceptors (Lipinski definition) is 4. The smallest absolute Gasteiger partial charge is 0.191 e. The first kappa shape index (κ1) is 25.0. The van der Waals surface area contributed by atoms with E-state index in [-0.39, 0.29) is 24.0 Å². The molecule has 8 heteroatoms. The molecule has 3 heterocycles. The highest BCUT2D eigenvalue weighted by Gasteiger charge is 2.24. The lowest BCUT2D eigenvalue weighted by Crippen LogP contribution is -2.45. The first-order valence-electron chi connectivity index (χ1n) is 12.0. The van der Waals surface area contributed by atoms with E-state index in [0.29, 0.717) is 6.04 Å². The number of likely N-dealkylation sites (tertiary alicyclic amines) is 1. The van der Waals surface area contributed by atoms with Crippen LogP contribution in [0.15, 0.2) is 35.3 Å². The molecule has 0 bridgehead atoms. The number of nitrogens with zero attached hydrogens (tertiary/aromatic N) is 5. The number of nitrogens with one attached hydrogen (secondary N) is 2. The van der Waals surface area contributed by atoms with Crippen LogP contribution in [0.25, 0.3) is 0 Å². The van der Waals surface area contributed by atoms with E-state index in [9.17, 15) is 0 Å². The summed E-state index contributed by atoms with van der Waals surface area (Å²) in [6, 6.07) is 11.3. The number of aliphatic imine (C=N–C) groups is 1. The Morgan fingerprint density at radius 1 is 1.06 bits per heavy atom. The molecule has 2 aromatic rings. The molecule has 2 aliphatic rings. The molecule has 1 atom stereocenters. The van der Waals surface area contributed by atoms with E-state index < -0.39 is 0 Å². The minimum absolute atomic E-state index is 0. The van der Waals surface area contributed by atoms with Crippen LogP contribution in [0.1, 0.15) is 55.7 Å². The molecule has 0 aliphatic carbocycles. The molecule has 7 nitrogen and oxygen atoms in total. The van der Waals surface area contributed by atoms with Crippen molar-refractivity contribution in [3.8, 4) is 0 Å². The van der Waals surface area contributed by atoms with Crippen LogP contribution in [-0.2, 0) is 25.9 Å². The number of hydrogen-bond donors (Lipinski definition) is 2. The molecule has 2 aliphatic heterocycles. The second kappa shape index (κ2) is 13.1. The van der Waals surface area contributed by atoms with Gasteiger partial charge in [0.25, 0.3) is 0 Å². The van der Waals surface area contributed by atoms with Crippen molar-refractivity contribution in [1.82, 2.24) is 30.3 Å². The normalized spacial score (nSPS) is 19.2. The van der Waals surface area contributed by atoms with Crippen LogP contribution in [0.4, 0.5) is 0 Å². The van der Waals surface area contributed by atoms with E-state index in [1.165, 1.54) is 50.0 Å². The molecular formula is C24H38IN7. The summed E-state index contributed by atoms with van der Waals surface area (Å²) in [7, 11) is 1.85. The second-order valence-electron chi connectivity index (χ2n) is 8.73. The minimum Gasteiger partial charge on any atom is -0.356 e. The second-order valence-corrected chi connectivity index (χ2v) is 8.73. The van der Waals surface area contributed by atoms with Gasteiger partial charge in [-0.15, -0.1) is 34.2 Å². The lowest BCUT2D eigenvalue weighted by molar-refractivity contribution is 0.245. The molecule has 1 fully saturated rings. The Balaban J connectivity index is 0.00000289. The standard InChI is InChI=1S/C24H37N7.HI/c1-25-24(26-15-8-14-23-29-28-22-13-6-3-7-17-31(22)23)27-18-21-12-9-16-30(21)19-20-10-4-2-5-11-20;/h2,4-5,10-11,21H,3,6-9,12-19H2,1H3,(H2,25,26,27);1H. The van der Waals surface area contributed by atoms with Crippen molar-refractivity contribution in [2.45, 2.75) is 70.5 Å². The van der Waals surface area contributed by atoms with Crippen molar-refractivity contribution in [2.75, 3.05) is 26.7 Å². The summed E-state index contributed by atoms with van der Waals surface area (Å²) in [6.45, 7) is 5.11. The average molecular weight is 552 g/mol. The SMILES string of the molecule is CN=C(NCCCc1nnc2n1CCCCC2)NCC1CCCN1Cc1ccccc1.I. The zero-order chi connectivity index (χ0) is 21.3. The Hall–Kier alpha value is -1.68. The van der Waals surface area contributed by atoms with Gasteiger partial charge in [-0.3, -0.25) is 9.89 Å². The molecule has 4 rings (SSSR count). The summed E-state index contributed by atoms with van der Waals surface area (Å²) >= 11 is 0. The maximum Gasteiger partial charge on any atom is 0.191 e. The molecule has 1 aromatic heterocycles. The van der Waals surface area contributed by atoms with Gasteiger partial charge >= 0.3 is 0 Å². The topological polar surface area (TPSA) is 70.4 Å². The van der Waals surface area contributed by atoms with Crippen LogP contribution in [0.5, 0.6) is 0 Å². The van der Waals surface area contributed by atoms with Crippen LogP contribution in [0.2, 0.25) is 0 Å². The summed E-state index contributed by atoms with van der Waals surface area (Å²) < 4.78 is 2.35. The van der Waals surface area contributed by atoms with Gasteiger partial charge < -0.3 is 15.2 Å². The first-order valence-corrected chi connectivity index (χ1v) is 12.0. The lowest BCUT2D eigenvalue weighted by atomic mass is 10.2. The fourth-order valence-corrected chi connectivity index (χ4v) is 4.77. The minimum atomic E-state index is 0. The Bertz CT molecular complexity index is 836. The average Bonchev–Trinajstić information content (AvgIpc) is 3.33. The number of aryl methyl sites for hydroxylation is 2. The van der Waals surface area contributed by atoms with Crippen molar-refractivity contribution >= 4 is 29.9 Å². The fraction of sp³-hybridized carbons (Fsp3) is 0.625. The third-order valence-electron chi connectivity index (χ3n) is 6.51. The van der Waals surface area contributed by atoms with Gasteiger partial charge in [-0.2, -0.15) is 0 Å². The van der Waals surface area contributed by atoms with E-state index >= 15 is 0 Å². The van der Waals surface area contributed by atoms with Gasteiger partial charge in [0.1, 0.15) is 11.6 Å². The van der Waals surface area contributed by atoms with Gasteiger partial charge in [0.05, 0.1) is 0 Å². The van der Waals surface area contributed by atoms with Crippen molar-refractivity contribution in [1.29, 1.82) is 0 Å². The number of benzene rings is 1. The predicted octanol–water partition coefficient (Wildman–Crippen LogP) is 3.38. The number of aromatic nitrogens is 3. The highest BCUT2D eigenvalue weighted by atomic mass is 127.